The molecule has 2 fully saturated rings. The largest absolute Gasteiger partial charge is 0.451 e. The number of nitro benzene ring substituents is 2. The molecular weight excluding hydrogens is 478 g/mol. The molecule has 2 aliphatic heterocycles. The van der Waals surface area contributed by atoms with Gasteiger partial charge in [0, 0.05) is 57.1 Å². The first kappa shape index (κ1) is 24.3. The van der Waals surface area contributed by atoms with Gasteiger partial charge in [0.05, 0.1) is 15.4 Å². The maximum absolute atomic E-state index is 13.1. The van der Waals surface area contributed by atoms with Crippen molar-refractivity contribution in [3.8, 4) is 11.3 Å². The lowest BCUT2D eigenvalue weighted by molar-refractivity contribution is -0.384. The highest BCUT2D eigenvalue weighted by Crippen LogP contribution is 2.35. The fraction of sp³-hybridized carbons (Fsp3) is 0.346. The topological polar surface area (TPSA) is 126 Å². The molecular formula is C26H27N5O6. The first-order chi connectivity index (χ1) is 17.9. The standard InChI is InChI=1S/C26H27N5O6/c32-26(25-11-10-24(37-25)20-6-2-3-7-21(20)30(33)34)29-16-14-27(15-17-29)19-8-9-22(31(35)36)23(18-19)28-12-4-1-5-13-28/h2-3,6-11,18H,1,4-5,12-17H2. The zero-order valence-corrected chi connectivity index (χ0v) is 20.2. The Morgan fingerprint density at radius 3 is 2.16 bits per heavy atom. The number of furan rings is 1. The number of anilines is 2. The number of nitrogens with zero attached hydrogens (tertiary/aromatic N) is 5. The minimum atomic E-state index is -0.479. The summed E-state index contributed by atoms with van der Waals surface area (Å²) >= 11 is 0. The number of rotatable bonds is 6. The average molecular weight is 506 g/mol. The van der Waals surface area contributed by atoms with Gasteiger partial charge in [0.2, 0.25) is 0 Å². The summed E-state index contributed by atoms with van der Waals surface area (Å²) in [5, 5.41) is 23.0. The van der Waals surface area contributed by atoms with E-state index in [0.29, 0.717) is 37.4 Å². The van der Waals surface area contributed by atoms with Gasteiger partial charge in [-0.1, -0.05) is 12.1 Å². The highest BCUT2D eigenvalue weighted by atomic mass is 16.6. The van der Waals surface area contributed by atoms with Crippen LogP contribution in [0.5, 0.6) is 0 Å². The second kappa shape index (κ2) is 10.3. The number of amides is 1. The molecule has 11 nitrogen and oxygen atoms in total. The van der Waals surface area contributed by atoms with Crippen LogP contribution in [0.15, 0.2) is 59.0 Å². The summed E-state index contributed by atoms with van der Waals surface area (Å²) in [5.74, 6) is 0.122. The monoisotopic (exact) mass is 505 g/mol. The predicted molar refractivity (Wildman–Crippen MR) is 138 cm³/mol. The molecule has 0 N–H and O–H groups in total. The molecule has 0 saturated carbocycles. The maximum atomic E-state index is 13.1. The van der Waals surface area contributed by atoms with Crippen molar-refractivity contribution < 1.29 is 19.1 Å². The van der Waals surface area contributed by atoms with E-state index in [4.69, 9.17) is 4.42 Å². The summed E-state index contributed by atoms with van der Waals surface area (Å²) in [7, 11) is 0. The van der Waals surface area contributed by atoms with Gasteiger partial charge in [-0.05, 0) is 49.6 Å². The Balaban J connectivity index is 1.28. The van der Waals surface area contributed by atoms with Crippen LogP contribution in [-0.4, -0.2) is 59.9 Å². The summed E-state index contributed by atoms with van der Waals surface area (Å²) in [4.78, 5) is 41.2. The smallest absolute Gasteiger partial charge is 0.292 e. The summed E-state index contributed by atoms with van der Waals surface area (Å²) < 4.78 is 5.73. The van der Waals surface area contributed by atoms with Gasteiger partial charge in [-0.3, -0.25) is 25.0 Å². The Morgan fingerprint density at radius 2 is 1.46 bits per heavy atom. The van der Waals surface area contributed by atoms with Gasteiger partial charge in [-0.2, -0.15) is 0 Å². The minimum Gasteiger partial charge on any atom is -0.451 e. The lowest BCUT2D eigenvalue weighted by atomic mass is 10.1. The van der Waals surface area contributed by atoms with Crippen molar-refractivity contribution in [2.24, 2.45) is 0 Å². The third-order valence-corrected chi connectivity index (χ3v) is 6.97. The van der Waals surface area contributed by atoms with Gasteiger partial charge < -0.3 is 19.1 Å². The number of piperazine rings is 1. The van der Waals surface area contributed by atoms with E-state index in [0.717, 1.165) is 38.0 Å². The van der Waals surface area contributed by atoms with Gasteiger partial charge in [-0.15, -0.1) is 0 Å². The Bertz CT molecular complexity index is 1320. The van der Waals surface area contributed by atoms with Crippen molar-refractivity contribution in [3.63, 3.8) is 0 Å². The third kappa shape index (κ3) is 4.97. The van der Waals surface area contributed by atoms with Crippen molar-refractivity contribution >= 4 is 28.7 Å². The molecule has 11 heteroatoms. The van der Waals surface area contributed by atoms with E-state index in [1.165, 1.54) is 6.07 Å². The van der Waals surface area contributed by atoms with Crippen LogP contribution in [0.2, 0.25) is 0 Å². The van der Waals surface area contributed by atoms with Crippen LogP contribution < -0.4 is 9.80 Å². The van der Waals surface area contributed by atoms with E-state index in [-0.39, 0.29) is 33.7 Å². The van der Waals surface area contributed by atoms with Crippen LogP contribution in [0.25, 0.3) is 11.3 Å². The number of benzene rings is 2. The molecule has 0 unspecified atom stereocenters. The zero-order chi connectivity index (χ0) is 25.9. The number of piperidine rings is 1. The quantitative estimate of drug-likeness (QED) is 0.348. The maximum Gasteiger partial charge on any atom is 0.292 e. The Hall–Kier alpha value is -4.41. The molecule has 3 aromatic rings. The molecule has 37 heavy (non-hydrogen) atoms. The van der Waals surface area contributed by atoms with E-state index in [1.807, 2.05) is 6.07 Å². The number of hydrogen-bond donors (Lipinski definition) is 0. The summed E-state index contributed by atoms with van der Waals surface area (Å²) in [5.41, 5.74) is 1.90. The summed E-state index contributed by atoms with van der Waals surface area (Å²) in [6.07, 6.45) is 3.18. The predicted octanol–water partition coefficient (Wildman–Crippen LogP) is 4.72. The van der Waals surface area contributed by atoms with E-state index < -0.39 is 4.92 Å². The molecule has 5 rings (SSSR count). The molecule has 0 radical (unpaired) electrons. The van der Waals surface area contributed by atoms with Crippen molar-refractivity contribution in [1.82, 2.24) is 4.90 Å². The van der Waals surface area contributed by atoms with Crippen molar-refractivity contribution in [2.75, 3.05) is 49.1 Å². The number of nitro groups is 2. The number of para-hydroxylation sites is 1. The third-order valence-electron chi connectivity index (χ3n) is 6.97. The van der Waals surface area contributed by atoms with Gasteiger partial charge >= 0.3 is 0 Å². The van der Waals surface area contributed by atoms with E-state index in [9.17, 15) is 25.0 Å². The molecule has 2 aliphatic rings. The number of carbonyl (C=O) groups is 1. The lowest BCUT2D eigenvalue weighted by Gasteiger charge is -2.36. The van der Waals surface area contributed by atoms with Crippen molar-refractivity contribution in [2.45, 2.75) is 19.3 Å². The average Bonchev–Trinajstić information content (AvgIpc) is 3.43. The molecule has 0 spiro atoms. The fourth-order valence-corrected chi connectivity index (χ4v) is 5.01. The first-order valence-electron chi connectivity index (χ1n) is 12.3. The molecule has 1 aromatic heterocycles. The van der Waals surface area contributed by atoms with Gasteiger partial charge in [-0.25, -0.2) is 0 Å². The molecule has 1 amide bonds. The van der Waals surface area contributed by atoms with Crippen LogP contribution in [0.4, 0.5) is 22.7 Å². The summed E-state index contributed by atoms with van der Waals surface area (Å²) in [6, 6.07) is 14.6. The molecule has 3 heterocycles. The van der Waals surface area contributed by atoms with Crippen LogP contribution in [-0.2, 0) is 0 Å². The zero-order valence-electron chi connectivity index (χ0n) is 20.2. The van der Waals surface area contributed by atoms with Crippen LogP contribution in [0, 0.1) is 20.2 Å². The highest BCUT2D eigenvalue weighted by Gasteiger charge is 2.28. The molecule has 2 saturated heterocycles. The molecule has 192 valence electrons. The second-order valence-electron chi connectivity index (χ2n) is 9.20. The highest BCUT2D eigenvalue weighted by molar-refractivity contribution is 5.92. The van der Waals surface area contributed by atoms with Gasteiger partial charge in [0.1, 0.15) is 11.4 Å². The Kier molecular flexibility index (Phi) is 6.76. The SMILES string of the molecule is O=C(c1ccc(-c2ccccc2[N+](=O)[O-])o1)N1CCN(c2ccc([N+](=O)[O-])c(N3CCCCC3)c2)CC1. The minimum absolute atomic E-state index is 0.0866. The van der Waals surface area contributed by atoms with Crippen LogP contribution in [0.1, 0.15) is 29.8 Å². The normalized spacial score (nSPS) is 16.1. The summed E-state index contributed by atoms with van der Waals surface area (Å²) in [6.45, 7) is 3.67. The van der Waals surface area contributed by atoms with E-state index in [1.54, 1.807) is 47.4 Å². The molecule has 0 atom stereocenters. The van der Waals surface area contributed by atoms with Gasteiger partial charge in [0.25, 0.3) is 17.3 Å². The Labute approximate surface area is 213 Å². The van der Waals surface area contributed by atoms with Crippen LogP contribution in [0.3, 0.4) is 0 Å². The van der Waals surface area contributed by atoms with Crippen LogP contribution >= 0.6 is 0 Å². The van der Waals surface area contributed by atoms with E-state index >= 15 is 0 Å². The van der Waals surface area contributed by atoms with Crippen molar-refractivity contribution in [3.05, 3.63) is 80.6 Å². The number of carbonyl (C=O) groups excluding carboxylic acids is 1. The molecule has 0 bridgehead atoms. The molecule has 0 aliphatic carbocycles. The van der Waals surface area contributed by atoms with E-state index in [2.05, 4.69) is 9.80 Å². The first-order valence-corrected chi connectivity index (χ1v) is 12.3. The number of hydrogen-bond acceptors (Lipinski definition) is 8. The molecule has 2 aromatic carbocycles. The van der Waals surface area contributed by atoms with Gasteiger partial charge in [0.15, 0.2) is 5.76 Å². The second-order valence-corrected chi connectivity index (χ2v) is 9.20. The fourth-order valence-electron chi connectivity index (χ4n) is 5.01. The van der Waals surface area contributed by atoms with Crippen molar-refractivity contribution in [1.29, 1.82) is 0 Å². The lowest BCUT2D eigenvalue weighted by Crippen LogP contribution is -2.48. The Morgan fingerprint density at radius 1 is 0.757 bits per heavy atom.